The largest absolute Gasteiger partial charge is 0.356 e. The van der Waals surface area contributed by atoms with Gasteiger partial charge in [0.2, 0.25) is 0 Å². The lowest BCUT2D eigenvalue weighted by molar-refractivity contribution is 0.434. The number of rotatable bonds is 8. The Morgan fingerprint density at radius 3 is 2.54 bits per heavy atom. The molecule has 0 amide bonds. The summed E-state index contributed by atoms with van der Waals surface area (Å²) in [5.74, 6) is 1.33. The Labute approximate surface area is 157 Å². The SMILES string of the molecule is CN=C(NCC(C)Cn1nc(C)cc1C)NC(C)CCc1ccccc1. The molecule has 5 heteroatoms. The number of aryl methyl sites for hydroxylation is 3. The van der Waals surface area contributed by atoms with E-state index in [1.165, 1.54) is 11.3 Å². The smallest absolute Gasteiger partial charge is 0.191 e. The van der Waals surface area contributed by atoms with Crippen molar-refractivity contribution < 1.29 is 0 Å². The van der Waals surface area contributed by atoms with Crippen molar-refractivity contribution in [2.45, 2.75) is 53.1 Å². The van der Waals surface area contributed by atoms with Gasteiger partial charge < -0.3 is 10.6 Å². The molecule has 0 saturated carbocycles. The second-order valence-corrected chi connectivity index (χ2v) is 7.24. The van der Waals surface area contributed by atoms with E-state index in [0.29, 0.717) is 12.0 Å². The quantitative estimate of drug-likeness (QED) is 0.564. The molecule has 1 heterocycles. The van der Waals surface area contributed by atoms with Crippen molar-refractivity contribution in [3.05, 3.63) is 53.3 Å². The zero-order chi connectivity index (χ0) is 18.9. The van der Waals surface area contributed by atoms with Gasteiger partial charge in [-0.2, -0.15) is 5.10 Å². The minimum Gasteiger partial charge on any atom is -0.356 e. The van der Waals surface area contributed by atoms with Crippen LogP contribution in [0.15, 0.2) is 41.4 Å². The van der Waals surface area contributed by atoms with Crippen LogP contribution in [0.3, 0.4) is 0 Å². The van der Waals surface area contributed by atoms with Gasteiger partial charge in [0.05, 0.1) is 5.69 Å². The van der Waals surface area contributed by atoms with Crippen LogP contribution in [-0.4, -0.2) is 35.4 Å². The predicted molar refractivity (Wildman–Crippen MR) is 110 cm³/mol. The van der Waals surface area contributed by atoms with E-state index in [1.54, 1.807) is 0 Å². The molecule has 0 saturated heterocycles. The molecule has 0 spiro atoms. The zero-order valence-corrected chi connectivity index (χ0v) is 16.8. The second kappa shape index (κ2) is 10.00. The van der Waals surface area contributed by atoms with E-state index in [1.807, 2.05) is 14.0 Å². The van der Waals surface area contributed by atoms with Crippen LogP contribution in [0.1, 0.15) is 37.2 Å². The molecule has 0 aliphatic rings. The molecule has 2 aromatic rings. The van der Waals surface area contributed by atoms with E-state index in [-0.39, 0.29) is 0 Å². The van der Waals surface area contributed by atoms with E-state index >= 15 is 0 Å². The number of nitrogens with one attached hydrogen (secondary N) is 2. The lowest BCUT2D eigenvalue weighted by Gasteiger charge is -2.20. The van der Waals surface area contributed by atoms with Crippen molar-refractivity contribution in [1.29, 1.82) is 0 Å². The van der Waals surface area contributed by atoms with E-state index in [0.717, 1.165) is 37.6 Å². The molecular formula is C21H33N5. The summed E-state index contributed by atoms with van der Waals surface area (Å²) in [6, 6.07) is 13.1. The molecule has 26 heavy (non-hydrogen) atoms. The number of benzene rings is 1. The van der Waals surface area contributed by atoms with Gasteiger partial charge in [0.15, 0.2) is 5.96 Å². The molecule has 2 N–H and O–H groups in total. The van der Waals surface area contributed by atoms with Crippen LogP contribution >= 0.6 is 0 Å². The lowest BCUT2D eigenvalue weighted by atomic mass is 10.1. The maximum Gasteiger partial charge on any atom is 0.191 e. The maximum absolute atomic E-state index is 4.54. The van der Waals surface area contributed by atoms with E-state index in [2.05, 4.69) is 82.6 Å². The van der Waals surface area contributed by atoms with Crippen molar-refractivity contribution >= 4 is 5.96 Å². The Bertz CT molecular complexity index is 690. The predicted octanol–water partition coefficient (Wildman–Crippen LogP) is 3.32. The first-order chi connectivity index (χ1) is 12.5. The molecule has 5 nitrogen and oxygen atoms in total. The summed E-state index contributed by atoms with van der Waals surface area (Å²) in [7, 11) is 1.82. The highest BCUT2D eigenvalue weighted by Crippen LogP contribution is 2.06. The van der Waals surface area contributed by atoms with Gasteiger partial charge in [-0.3, -0.25) is 9.67 Å². The highest BCUT2D eigenvalue weighted by atomic mass is 15.3. The first-order valence-corrected chi connectivity index (χ1v) is 9.50. The number of guanidine groups is 1. The molecule has 0 aliphatic heterocycles. The highest BCUT2D eigenvalue weighted by Gasteiger charge is 2.10. The molecule has 2 atom stereocenters. The van der Waals surface area contributed by atoms with Gasteiger partial charge >= 0.3 is 0 Å². The van der Waals surface area contributed by atoms with E-state index in [9.17, 15) is 0 Å². The molecule has 1 aromatic carbocycles. The topological polar surface area (TPSA) is 54.2 Å². The summed E-state index contributed by atoms with van der Waals surface area (Å²) < 4.78 is 2.08. The fourth-order valence-electron chi connectivity index (χ4n) is 3.02. The first kappa shape index (κ1) is 20.0. The Kier molecular flexibility index (Phi) is 7.70. The van der Waals surface area contributed by atoms with Crippen molar-refractivity contribution in [2.24, 2.45) is 10.9 Å². The van der Waals surface area contributed by atoms with Gasteiger partial charge in [-0.1, -0.05) is 37.3 Å². The molecule has 1 aromatic heterocycles. The molecule has 0 bridgehead atoms. The van der Waals surface area contributed by atoms with Gasteiger partial charge in [0, 0.05) is 31.9 Å². The summed E-state index contributed by atoms with van der Waals surface area (Å²) in [6.45, 7) is 10.4. The Hall–Kier alpha value is -2.30. The van der Waals surface area contributed by atoms with Crippen molar-refractivity contribution in [1.82, 2.24) is 20.4 Å². The fraction of sp³-hybridized carbons (Fsp3) is 0.524. The number of hydrogen-bond acceptors (Lipinski definition) is 2. The van der Waals surface area contributed by atoms with Gasteiger partial charge in [0.1, 0.15) is 0 Å². The monoisotopic (exact) mass is 355 g/mol. The highest BCUT2D eigenvalue weighted by molar-refractivity contribution is 5.79. The number of aromatic nitrogens is 2. The average Bonchev–Trinajstić information content (AvgIpc) is 2.94. The molecular weight excluding hydrogens is 322 g/mol. The van der Waals surface area contributed by atoms with Gasteiger partial charge in [0.25, 0.3) is 0 Å². The van der Waals surface area contributed by atoms with Crippen molar-refractivity contribution in [2.75, 3.05) is 13.6 Å². The number of nitrogens with zero attached hydrogens (tertiary/aromatic N) is 3. The fourth-order valence-corrected chi connectivity index (χ4v) is 3.02. The van der Waals surface area contributed by atoms with Crippen LogP contribution in [0.25, 0.3) is 0 Å². The lowest BCUT2D eigenvalue weighted by Crippen LogP contribution is -2.44. The molecule has 2 rings (SSSR count). The second-order valence-electron chi connectivity index (χ2n) is 7.24. The van der Waals surface area contributed by atoms with Crippen LogP contribution in [0.2, 0.25) is 0 Å². The summed E-state index contributed by atoms with van der Waals surface area (Å²) in [4.78, 5) is 4.36. The summed E-state index contributed by atoms with van der Waals surface area (Å²) in [6.07, 6.45) is 2.15. The number of hydrogen-bond donors (Lipinski definition) is 2. The standard InChI is InChI=1S/C21H33N5/c1-16(15-26-19(4)13-18(3)25-26)14-23-21(22-5)24-17(2)11-12-20-9-7-6-8-10-20/h6-10,13,16-17H,11-12,14-15H2,1-5H3,(H2,22,23,24). The van der Waals surface area contributed by atoms with Crippen molar-refractivity contribution in [3.8, 4) is 0 Å². The first-order valence-electron chi connectivity index (χ1n) is 9.50. The van der Waals surface area contributed by atoms with Gasteiger partial charge in [-0.25, -0.2) is 0 Å². The van der Waals surface area contributed by atoms with E-state index < -0.39 is 0 Å². The Morgan fingerprint density at radius 2 is 1.92 bits per heavy atom. The molecule has 142 valence electrons. The van der Waals surface area contributed by atoms with Crippen molar-refractivity contribution in [3.63, 3.8) is 0 Å². The third-order valence-corrected chi connectivity index (χ3v) is 4.52. The van der Waals surface area contributed by atoms with Gasteiger partial charge in [-0.15, -0.1) is 0 Å². The summed E-state index contributed by atoms with van der Waals surface area (Å²) >= 11 is 0. The minimum atomic E-state index is 0.368. The third kappa shape index (κ3) is 6.54. The molecule has 0 aliphatic carbocycles. The molecule has 0 radical (unpaired) electrons. The minimum absolute atomic E-state index is 0.368. The third-order valence-electron chi connectivity index (χ3n) is 4.52. The summed E-state index contributed by atoms with van der Waals surface area (Å²) in [5, 5.41) is 11.5. The zero-order valence-electron chi connectivity index (χ0n) is 16.8. The Morgan fingerprint density at radius 1 is 1.19 bits per heavy atom. The van der Waals surface area contributed by atoms with Crippen LogP contribution in [-0.2, 0) is 13.0 Å². The summed E-state index contributed by atoms with van der Waals surface area (Å²) in [5.41, 5.74) is 3.67. The average molecular weight is 356 g/mol. The number of aliphatic imine (C=N–C) groups is 1. The van der Waals surface area contributed by atoms with Crippen LogP contribution in [0, 0.1) is 19.8 Å². The van der Waals surface area contributed by atoms with Crippen LogP contribution in [0.5, 0.6) is 0 Å². The van der Waals surface area contributed by atoms with Crippen LogP contribution in [0.4, 0.5) is 0 Å². The molecule has 2 unspecified atom stereocenters. The normalized spacial score (nSPS) is 14.1. The molecule has 0 fully saturated rings. The maximum atomic E-state index is 4.54. The Balaban J connectivity index is 1.73. The van der Waals surface area contributed by atoms with Crippen LogP contribution < -0.4 is 10.6 Å². The van der Waals surface area contributed by atoms with Gasteiger partial charge in [-0.05, 0) is 51.2 Å². The van der Waals surface area contributed by atoms with E-state index in [4.69, 9.17) is 0 Å².